The summed E-state index contributed by atoms with van der Waals surface area (Å²) in [6, 6.07) is 8.37. The molecule has 0 bridgehead atoms. The molecule has 1 aliphatic rings. The lowest BCUT2D eigenvalue weighted by molar-refractivity contribution is -0.242. The molecule has 1 saturated heterocycles. The number of nitrogens with one attached hydrogen (secondary N) is 2. The Morgan fingerprint density at radius 2 is 1.62 bits per heavy atom. The minimum Gasteiger partial charge on any atom is -0.373 e. The van der Waals surface area contributed by atoms with Gasteiger partial charge in [-0.15, -0.1) is 0 Å². The van der Waals surface area contributed by atoms with Gasteiger partial charge in [-0.05, 0) is 49.4 Å². The van der Waals surface area contributed by atoms with E-state index < -0.39 is 27.5 Å². The molecule has 1 aliphatic heterocycles. The van der Waals surface area contributed by atoms with Crippen molar-refractivity contribution in [3.8, 4) is 0 Å². The molecule has 3 N–H and O–H groups in total. The number of alkyl halides is 3. The van der Waals surface area contributed by atoms with Crippen molar-refractivity contribution >= 4 is 38.9 Å². The van der Waals surface area contributed by atoms with Crippen LogP contribution in [0.5, 0.6) is 0 Å². The molecule has 1 heterocycles. The number of benzene rings is 2. The molecule has 1 atom stereocenters. The van der Waals surface area contributed by atoms with Crippen molar-refractivity contribution in [1.82, 2.24) is 10.2 Å². The third-order valence-electron chi connectivity index (χ3n) is 5.31. The van der Waals surface area contributed by atoms with Crippen molar-refractivity contribution in [3.05, 3.63) is 53.1 Å². The average Bonchev–Trinajstić information content (AvgIpc) is 2.79. The van der Waals surface area contributed by atoms with Gasteiger partial charge in [0.25, 0.3) is 11.8 Å². The van der Waals surface area contributed by atoms with Gasteiger partial charge in [0.15, 0.2) is 0 Å². The van der Waals surface area contributed by atoms with E-state index in [1.807, 2.05) is 5.32 Å². The highest BCUT2D eigenvalue weighted by atomic mass is 35.5. The second kappa shape index (κ2) is 9.53. The van der Waals surface area contributed by atoms with Crippen molar-refractivity contribution in [1.29, 1.82) is 0 Å². The summed E-state index contributed by atoms with van der Waals surface area (Å²) < 4.78 is 64.4. The van der Waals surface area contributed by atoms with Crippen LogP contribution < -0.4 is 10.6 Å². The highest BCUT2D eigenvalue weighted by Crippen LogP contribution is 2.33. The first kappa shape index (κ1) is 25.9. The summed E-state index contributed by atoms with van der Waals surface area (Å²) in [5, 5.41) is 14.1. The normalized spacial score (nSPS) is 16.6. The monoisotopic (exact) mass is 519 g/mol. The van der Waals surface area contributed by atoms with Crippen LogP contribution in [0.3, 0.4) is 0 Å². The van der Waals surface area contributed by atoms with Crippen LogP contribution in [0.2, 0.25) is 5.02 Å². The fraction of sp³-hybridized carbons (Fsp3) is 0.333. The zero-order chi connectivity index (χ0) is 25.3. The van der Waals surface area contributed by atoms with Crippen LogP contribution in [-0.4, -0.2) is 68.2 Å². The van der Waals surface area contributed by atoms with Gasteiger partial charge in [-0.25, -0.2) is 8.42 Å². The predicted molar refractivity (Wildman–Crippen MR) is 117 cm³/mol. The van der Waals surface area contributed by atoms with E-state index in [9.17, 15) is 36.3 Å². The van der Waals surface area contributed by atoms with Crippen LogP contribution >= 0.6 is 11.6 Å². The molecule has 8 nitrogen and oxygen atoms in total. The molecule has 34 heavy (non-hydrogen) atoms. The Kier molecular flexibility index (Phi) is 7.27. The number of hydrogen-bond acceptors (Lipinski definition) is 6. The van der Waals surface area contributed by atoms with E-state index >= 15 is 0 Å². The number of halogens is 4. The number of anilines is 1. The first-order valence-electron chi connectivity index (χ1n) is 10.0. The quantitative estimate of drug-likeness (QED) is 0.559. The topological polar surface area (TPSA) is 116 Å². The van der Waals surface area contributed by atoms with Gasteiger partial charge in [-0.1, -0.05) is 11.6 Å². The van der Waals surface area contributed by atoms with Crippen molar-refractivity contribution in [3.63, 3.8) is 0 Å². The van der Waals surface area contributed by atoms with Crippen LogP contribution in [0.15, 0.2) is 52.3 Å². The molecule has 0 radical (unpaired) electrons. The van der Waals surface area contributed by atoms with E-state index in [4.69, 9.17) is 11.6 Å². The van der Waals surface area contributed by atoms with Crippen LogP contribution in [0.4, 0.5) is 18.9 Å². The molecule has 184 valence electrons. The highest BCUT2D eigenvalue weighted by Gasteiger charge is 2.55. The lowest BCUT2D eigenvalue weighted by atomic mass is 10.1. The molecule has 1 fully saturated rings. The Labute approximate surface area is 198 Å². The van der Waals surface area contributed by atoms with Gasteiger partial charge >= 0.3 is 6.18 Å². The molecule has 0 aromatic heterocycles. The van der Waals surface area contributed by atoms with E-state index in [0.717, 1.165) is 18.2 Å². The Morgan fingerprint density at radius 1 is 1.06 bits per heavy atom. The van der Waals surface area contributed by atoms with E-state index in [-0.39, 0.29) is 33.3 Å². The average molecular weight is 520 g/mol. The maximum Gasteiger partial charge on any atom is 0.426 e. The Morgan fingerprint density at radius 3 is 2.15 bits per heavy atom. The molecular formula is C21H21ClF3N3O5S. The van der Waals surface area contributed by atoms with E-state index in [2.05, 4.69) is 5.32 Å². The third kappa shape index (κ3) is 5.19. The summed E-state index contributed by atoms with van der Waals surface area (Å²) >= 11 is 5.99. The number of aliphatic hydroxyl groups is 1. The summed E-state index contributed by atoms with van der Waals surface area (Å²) in [5.41, 5.74) is -3.66. The maximum atomic E-state index is 13.0. The molecule has 2 amide bonds. The number of sulfone groups is 1. The van der Waals surface area contributed by atoms with Crippen LogP contribution in [0.1, 0.15) is 17.3 Å². The van der Waals surface area contributed by atoms with E-state index in [1.165, 1.54) is 24.3 Å². The third-order valence-corrected chi connectivity index (χ3v) is 7.39. The number of nitrogens with zero attached hydrogens (tertiary/aromatic N) is 1. The molecule has 2 aromatic carbocycles. The van der Waals surface area contributed by atoms with Crippen LogP contribution in [0, 0.1) is 0 Å². The van der Waals surface area contributed by atoms with Crippen molar-refractivity contribution < 1.29 is 36.3 Å². The molecule has 2 aromatic rings. The molecule has 0 unspecified atom stereocenters. The highest BCUT2D eigenvalue weighted by molar-refractivity contribution is 7.91. The first-order valence-corrected chi connectivity index (χ1v) is 11.9. The smallest absolute Gasteiger partial charge is 0.373 e. The number of carbonyl (C=O) groups is 2. The largest absolute Gasteiger partial charge is 0.426 e. The molecule has 0 spiro atoms. The van der Waals surface area contributed by atoms with Crippen LogP contribution in [-0.2, 0) is 14.6 Å². The second-order valence-corrected chi connectivity index (χ2v) is 10.1. The summed E-state index contributed by atoms with van der Waals surface area (Å²) in [6.07, 6.45) is -5.23. The fourth-order valence-corrected chi connectivity index (χ4v) is 4.68. The lowest BCUT2D eigenvalue weighted by Gasteiger charge is -2.27. The maximum absolute atomic E-state index is 13.0. The minimum atomic E-state index is -5.23. The Hall–Kier alpha value is -2.67. The number of carbonyl (C=O) groups excluding carboxylic acids is 2. The number of amides is 2. The van der Waals surface area contributed by atoms with E-state index in [0.29, 0.717) is 31.7 Å². The van der Waals surface area contributed by atoms with Gasteiger partial charge < -0.3 is 20.6 Å². The first-order chi connectivity index (χ1) is 15.7. The van der Waals surface area contributed by atoms with Crippen molar-refractivity contribution in [2.24, 2.45) is 0 Å². The fourth-order valence-electron chi connectivity index (χ4n) is 3.10. The second-order valence-electron chi connectivity index (χ2n) is 7.74. The van der Waals surface area contributed by atoms with Crippen molar-refractivity contribution in [2.45, 2.75) is 28.5 Å². The zero-order valence-corrected chi connectivity index (χ0v) is 19.4. The zero-order valence-electron chi connectivity index (χ0n) is 17.8. The summed E-state index contributed by atoms with van der Waals surface area (Å²) in [4.78, 5) is 25.6. The molecule has 13 heteroatoms. The molecule has 3 rings (SSSR count). The SMILES string of the molecule is C[C@@](O)(C(=O)Nc1ccc(S(=O)(=O)c2ccc(C(=O)N3CCNCC3)cc2)cc1Cl)C(F)(F)F. The van der Waals surface area contributed by atoms with Crippen LogP contribution in [0.25, 0.3) is 0 Å². The standard InChI is InChI=1S/C21H21ClF3N3O5S/c1-20(31,21(23,24)25)19(30)27-17-7-6-15(12-16(17)22)34(32,33)14-4-2-13(3-5-14)18(29)28-10-8-26-9-11-28/h2-7,12,26,31H,8-11H2,1H3,(H,27,30)/t20-/m1/s1. The Bertz CT molecular complexity index is 1200. The van der Waals surface area contributed by atoms with Gasteiger partial charge in [0.2, 0.25) is 15.4 Å². The van der Waals surface area contributed by atoms with Gasteiger partial charge in [-0.3, -0.25) is 9.59 Å². The Balaban J connectivity index is 1.79. The number of hydrogen-bond donors (Lipinski definition) is 3. The molecule has 0 saturated carbocycles. The number of rotatable bonds is 5. The minimum absolute atomic E-state index is 0.128. The number of piperazine rings is 1. The summed E-state index contributed by atoms with van der Waals surface area (Å²) in [5.74, 6) is -1.99. The molecule has 0 aliphatic carbocycles. The van der Waals surface area contributed by atoms with Gasteiger partial charge in [0.1, 0.15) is 0 Å². The summed E-state index contributed by atoms with van der Waals surface area (Å²) in [7, 11) is -4.09. The van der Waals surface area contributed by atoms with Gasteiger partial charge in [0, 0.05) is 31.7 Å². The summed E-state index contributed by atoms with van der Waals surface area (Å²) in [6.45, 7) is 2.70. The van der Waals surface area contributed by atoms with Crippen molar-refractivity contribution in [2.75, 3.05) is 31.5 Å². The van der Waals surface area contributed by atoms with Gasteiger partial charge in [-0.2, -0.15) is 13.2 Å². The molecular weight excluding hydrogens is 499 g/mol. The van der Waals surface area contributed by atoms with E-state index in [1.54, 1.807) is 4.90 Å². The predicted octanol–water partition coefficient (Wildman–Crippen LogP) is 2.47. The lowest BCUT2D eigenvalue weighted by Crippen LogP contribution is -2.52. The van der Waals surface area contributed by atoms with Gasteiger partial charge in [0.05, 0.1) is 20.5 Å².